The first kappa shape index (κ1) is 24.7. The highest BCUT2D eigenvalue weighted by Gasteiger charge is 2.34. The number of ether oxygens (including phenoxy) is 2. The molecule has 5 rings (SSSR count). The van der Waals surface area contributed by atoms with Gasteiger partial charge in [-0.05, 0) is 24.8 Å². The summed E-state index contributed by atoms with van der Waals surface area (Å²) in [7, 11) is 3.09. The fraction of sp³-hybridized carbons (Fsp3) is 0.346. The van der Waals surface area contributed by atoms with Crippen LogP contribution in [0.2, 0.25) is 0 Å². The molecule has 0 bridgehead atoms. The van der Waals surface area contributed by atoms with Crippen molar-refractivity contribution in [3.8, 4) is 34.5 Å². The van der Waals surface area contributed by atoms with Gasteiger partial charge in [-0.3, -0.25) is 0 Å². The Morgan fingerprint density at radius 3 is 2.41 bits per heavy atom. The predicted molar refractivity (Wildman–Crippen MR) is 129 cm³/mol. The minimum atomic E-state index is -4.49. The van der Waals surface area contributed by atoms with Gasteiger partial charge in [-0.15, -0.1) is 0 Å². The van der Waals surface area contributed by atoms with Crippen molar-refractivity contribution in [2.75, 3.05) is 7.11 Å². The lowest BCUT2D eigenvalue weighted by Gasteiger charge is -2.14. The molecule has 1 aromatic carbocycles. The molecular formula is C26H25F3N6O2. The maximum Gasteiger partial charge on any atom is 0.434 e. The predicted octanol–water partition coefficient (Wildman–Crippen LogP) is 5.38. The first-order valence-corrected chi connectivity index (χ1v) is 11.9. The number of hydrogen-bond donors (Lipinski definition) is 0. The molecule has 0 N–H and O–H groups in total. The number of benzene rings is 1. The second-order valence-corrected chi connectivity index (χ2v) is 8.84. The van der Waals surface area contributed by atoms with Crippen LogP contribution < -0.4 is 9.47 Å². The molecule has 8 nitrogen and oxygen atoms in total. The molecule has 0 amide bonds. The molecule has 1 fully saturated rings. The highest BCUT2D eigenvalue weighted by atomic mass is 19.4. The maximum atomic E-state index is 13.0. The molecule has 4 aromatic rings. The van der Waals surface area contributed by atoms with Crippen LogP contribution in [-0.2, 0) is 26.3 Å². The minimum Gasteiger partial charge on any atom is -0.480 e. The molecule has 0 spiro atoms. The Labute approximate surface area is 211 Å². The van der Waals surface area contributed by atoms with E-state index in [0.717, 1.165) is 35.9 Å². The van der Waals surface area contributed by atoms with Crippen molar-refractivity contribution in [1.29, 1.82) is 0 Å². The van der Waals surface area contributed by atoms with Crippen molar-refractivity contribution in [3.63, 3.8) is 0 Å². The summed E-state index contributed by atoms with van der Waals surface area (Å²) in [6.07, 6.45) is 2.49. The van der Waals surface area contributed by atoms with E-state index in [-0.39, 0.29) is 12.4 Å². The van der Waals surface area contributed by atoms with E-state index < -0.39 is 11.9 Å². The third kappa shape index (κ3) is 5.11. The molecule has 3 aromatic heterocycles. The van der Waals surface area contributed by atoms with Crippen LogP contribution in [0.5, 0.6) is 11.8 Å². The lowest BCUT2D eigenvalue weighted by molar-refractivity contribution is -0.140. The molecule has 37 heavy (non-hydrogen) atoms. The fourth-order valence-electron chi connectivity index (χ4n) is 4.07. The number of imidazole rings is 1. The van der Waals surface area contributed by atoms with Gasteiger partial charge in [0.2, 0.25) is 11.8 Å². The first-order valence-electron chi connectivity index (χ1n) is 11.9. The van der Waals surface area contributed by atoms with Crippen molar-refractivity contribution in [2.24, 2.45) is 7.05 Å². The van der Waals surface area contributed by atoms with E-state index in [2.05, 4.69) is 19.9 Å². The van der Waals surface area contributed by atoms with E-state index in [1.54, 1.807) is 37.6 Å². The van der Waals surface area contributed by atoms with Gasteiger partial charge in [-0.25, -0.2) is 19.9 Å². The van der Waals surface area contributed by atoms with Crippen LogP contribution in [-0.4, -0.2) is 36.6 Å². The average Bonchev–Trinajstić information content (AvgIpc) is 3.67. The lowest BCUT2D eigenvalue weighted by Crippen LogP contribution is -2.06. The van der Waals surface area contributed by atoms with Crippen LogP contribution in [0.25, 0.3) is 22.8 Å². The number of alkyl halides is 3. The van der Waals surface area contributed by atoms with Crippen molar-refractivity contribution < 1.29 is 22.6 Å². The van der Waals surface area contributed by atoms with E-state index in [0.29, 0.717) is 41.1 Å². The van der Waals surface area contributed by atoms with E-state index in [9.17, 15) is 13.2 Å². The molecule has 1 aliphatic carbocycles. The van der Waals surface area contributed by atoms with Gasteiger partial charge in [0.1, 0.15) is 24.3 Å². The monoisotopic (exact) mass is 510 g/mol. The number of aryl methyl sites for hydroxylation is 2. The van der Waals surface area contributed by atoms with Gasteiger partial charge in [-0.1, -0.05) is 31.2 Å². The Morgan fingerprint density at radius 1 is 1.03 bits per heavy atom. The molecule has 0 radical (unpaired) electrons. The zero-order valence-corrected chi connectivity index (χ0v) is 20.6. The Bertz CT molecular complexity index is 1420. The van der Waals surface area contributed by atoms with Gasteiger partial charge in [-0.2, -0.15) is 18.2 Å². The van der Waals surface area contributed by atoms with Crippen LogP contribution >= 0.6 is 0 Å². The van der Waals surface area contributed by atoms with Gasteiger partial charge in [0.25, 0.3) is 0 Å². The molecule has 11 heteroatoms. The molecule has 3 heterocycles. The molecular weight excluding hydrogens is 485 g/mol. The third-order valence-electron chi connectivity index (χ3n) is 6.18. The van der Waals surface area contributed by atoms with Crippen LogP contribution in [0.4, 0.5) is 13.2 Å². The molecule has 1 saturated carbocycles. The summed E-state index contributed by atoms with van der Waals surface area (Å²) in [6.45, 7) is 2.21. The Kier molecular flexibility index (Phi) is 6.53. The summed E-state index contributed by atoms with van der Waals surface area (Å²) < 4.78 is 52.0. The maximum absolute atomic E-state index is 13.0. The lowest BCUT2D eigenvalue weighted by atomic mass is 10.1. The minimum absolute atomic E-state index is 0.218. The number of halogens is 3. The largest absolute Gasteiger partial charge is 0.480 e. The van der Waals surface area contributed by atoms with Gasteiger partial charge < -0.3 is 14.0 Å². The smallest absolute Gasteiger partial charge is 0.434 e. The van der Waals surface area contributed by atoms with Crippen LogP contribution in [0, 0.1) is 0 Å². The zero-order valence-electron chi connectivity index (χ0n) is 20.6. The first-order chi connectivity index (χ1) is 17.8. The number of hydrogen-bond acceptors (Lipinski definition) is 7. The molecule has 0 atom stereocenters. The van der Waals surface area contributed by atoms with Crippen LogP contribution in [0.3, 0.4) is 0 Å². The standard InChI is InChI=1S/C26H25F3N6O2/c1-4-16-11-30-22(20-21(17-9-10-17)31-14-32-25(20)36-3)34-24(16)37-13-15-5-7-18(8-6-15)23-33-19(12-35(23)2)26(27,28)29/h5-8,11-12,14,17H,4,9-10,13H2,1-3H3. The average molecular weight is 511 g/mol. The molecule has 0 unspecified atom stereocenters. The summed E-state index contributed by atoms with van der Waals surface area (Å²) in [5.74, 6) is 1.89. The van der Waals surface area contributed by atoms with Gasteiger partial charge >= 0.3 is 6.18 Å². The molecule has 192 valence electrons. The van der Waals surface area contributed by atoms with Crippen molar-refractivity contribution in [1.82, 2.24) is 29.5 Å². The summed E-state index contributed by atoms with van der Waals surface area (Å²) >= 11 is 0. The quantitative estimate of drug-likeness (QED) is 0.314. The van der Waals surface area contributed by atoms with E-state index in [1.165, 1.54) is 17.9 Å². The van der Waals surface area contributed by atoms with Gasteiger partial charge in [0, 0.05) is 36.5 Å². The molecule has 0 saturated heterocycles. The SMILES string of the molecule is CCc1cnc(-c2c(OC)ncnc2C2CC2)nc1OCc1ccc(-c2nc(C(F)(F)F)cn2C)cc1. The summed E-state index contributed by atoms with van der Waals surface area (Å²) in [4.78, 5) is 21.7. The summed E-state index contributed by atoms with van der Waals surface area (Å²) in [5, 5.41) is 0. The van der Waals surface area contributed by atoms with E-state index in [1.807, 2.05) is 6.92 Å². The van der Waals surface area contributed by atoms with Gasteiger partial charge in [0.15, 0.2) is 11.5 Å². The topological polar surface area (TPSA) is 87.8 Å². The third-order valence-corrected chi connectivity index (χ3v) is 6.18. The van der Waals surface area contributed by atoms with E-state index >= 15 is 0 Å². The number of rotatable bonds is 8. The number of methoxy groups -OCH3 is 1. The summed E-state index contributed by atoms with van der Waals surface area (Å²) in [5.41, 5.74) is 2.88. The van der Waals surface area contributed by atoms with Crippen molar-refractivity contribution in [3.05, 3.63) is 65.5 Å². The van der Waals surface area contributed by atoms with Crippen molar-refractivity contribution in [2.45, 2.75) is 44.9 Å². The Hall–Kier alpha value is -4.02. The summed E-state index contributed by atoms with van der Waals surface area (Å²) in [6, 6.07) is 7.04. The van der Waals surface area contributed by atoms with Crippen molar-refractivity contribution >= 4 is 0 Å². The van der Waals surface area contributed by atoms with Crippen LogP contribution in [0.15, 0.2) is 43.0 Å². The highest BCUT2D eigenvalue weighted by molar-refractivity contribution is 5.66. The molecule has 1 aliphatic rings. The zero-order chi connectivity index (χ0) is 26.2. The second kappa shape index (κ2) is 9.79. The van der Waals surface area contributed by atoms with Crippen LogP contribution in [0.1, 0.15) is 48.2 Å². The second-order valence-electron chi connectivity index (χ2n) is 8.84. The highest BCUT2D eigenvalue weighted by Crippen LogP contribution is 2.45. The number of nitrogens with zero attached hydrogens (tertiary/aromatic N) is 6. The molecule has 0 aliphatic heterocycles. The fourth-order valence-corrected chi connectivity index (χ4v) is 4.07. The Morgan fingerprint density at radius 2 is 1.78 bits per heavy atom. The Balaban J connectivity index is 1.38. The van der Waals surface area contributed by atoms with Gasteiger partial charge in [0.05, 0.1) is 12.8 Å². The van der Waals surface area contributed by atoms with E-state index in [4.69, 9.17) is 14.5 Å². The number of aromatic nitrogens is 6. The normalized spacial score (nSPS) is 13.6.